The fourth-order valence-corrected chi connectivity index (χ4v) is 1.96. The number of amides is 2. The van der Waals surface area contributed by atoms with E-state index in [2.05, 4.69) is 22.5 Å². The maximum absolute atomic E-state index is 11.7. The zero-order valence-corrected chi connectivity index (χ0v) is 10.8. The Kier molecular flexibility index (Phi) is 5.91. The van der Waals surface area contributed by atoms with Crippen molar-refractivity contribution in [3.05, 3.63) is 21.9 Å². The molecule has 18 heavy (non-hydrogen) atoms. The molecule has 0 aliphatic rings. The standard InChI is InChI=1S/C12H14N2O3S/c1-2-13-11(16)8-14-12(17)10-6-5-9(18-10)4-3-7-15/h5-6,15H,2,7-8H2,1H3,(H,13,16)(H,14,17). The van der Waals surface area contributed by atoms with Crippen molar-refractivity contribution < 1.29 is 14.7 Å². The average Bonchev–Trinajstić information content (AvgIpc) is 2.82. The van der Waals surface area contributed by atoms with Crippen molar-refractivity contribution in [3.8, 4) is 11.8 Å². The summed E-state index contributed by atoms with van der Waals surface area (Å²) in [6.45, 7) is 2.10. The topological polar surface area (TPSA) is 78.4 Å². The van der Waals surface area contributed by atoms with E-state index in [1.165, 1.54) is 11.3 Å². The van der Waals surface area contributed by atoms with E-state index in [-0.39, 0.29) is 25.0 Å². The molecule has 0 aromatic carbocycles. The van der Waals surface area contributed by atoms with E-state index >= 15 is 0 Å². The van der Waals surface area contributed by atoms with Crippen molar-refractivity contribution in [2.24, 2.45) is 0 Å². The maximum atomic E-state index is 11.7. The molecule has 0 aliphatic heterocycles. The number of likely N-dealkylation sites (N-methyl/N-ethyl adjacent to an activating group) is 1. The summed E-state index contributed by atoms with van der Waals surface area (Å²) in [5.74, 6) is 4.70. The number of rotatable bonds is 4. The monoisotopic (exact) mass is 266 g/mol. The van der Waals surface area contributed by atoms with Crippen LogP contribution in [0.5, 0.6) is 0 Å². The molecule has 0 fully saturated rings. The first kappa shape index (κ1) is 14.2. The lowest BCUT2D eigenvalue weighted by atomic mass is 10.4. The fourth-order valence-electron chi connectivity index (χ4n) is 1.16. The Labute approximate surface area is 109 Å². The molecule has 0 saturated heterocycles. The van der Waals surface area contributed by atoms with Crippen LogP contribution >= 0.6 is 11.3 Å². The van der Waals surface area contributed by atoms with Crippen LogP contribution in [0.15, 0.2) is 12.1 Å². The van der Waals surface area contributed by atoms with E-state index in [1.54, 1.807) is 12.1 Å². The number of hydrogen-bond donors (Lipinski definition) is 3. The van der Waals surface area contributed by atoms with E-state index in [1.807, 2.05) is 6.92 Å². The second-order valence-corrected chi connectivity index (χ2v) is 4.34. The van der Waals surface area contributed by atoms with Gasteiger partial charge < -0.3 is 15.7 Å². The van der Waals surface area contributed by atoms with Crippen LogP contribution in [0.2, 0.25) is 0 Å². The highest BCUT2D eigenvalue weighted by molar-refractivity contribution is 7.14. The molecule has 1 rings (SSSR count). The van der Waals surface area contributed by atoms with Gasteiger partial charge >= 0.3 is 0 Å². The van der Waals surface area contributed by atoms with E-state index in [0.717, 1.165) is 0 Å². The van der Waals surface area contributed by atoms with Crippen molar-refractivity contribution in [3.63, 3.8) is 0 Å². The zero-order valence-electron chi connectivity index (χ0n) is 9.95. The Balaban J connectivity index is 2.51. The SMILES string of the molecule is CCNC(=O)CNC(=O)c1ccc(C#CCO)s1. The highest BCUT2D eigenvalue weighted by Crippen LogP contribution is 2.14. The van der Waals surface area contributed by atoms with Gasteiger partial charge in [0.15, 0.2) is 0 Å². The summed E-state index contributed by atoms with van der Waals surface area (Å²) >= 11 is 1.22. The number of nitrogens with one attached hydrogen (secondary N) is 2. The summed E-state index contributed by atoms with van der Waals surface area (Å²) in [4.78, 5) is 24.0. The van der Waals surface area contributed by atoms with Crippen LogP contribution in [0.1, 0.15) is 21.5 Å². The van der Waals surface area contributed by atoms with Crippen LogP contribution in [0.3, 0.4) is 0 Å². The Hall–Kier alpha value is -1.84. The van der Waals surface area contributed by atoms with Crippen molar-refractivity contribution in [2.75, 3.05) is 19.7 Å². The van der Waals surface area contributed by atoms with Gasteiger partial charge in [0.05, 0.1) is 16.3 Å². The Morgan fingerprint density at radius 2 is 2.17 bits per heavy atom. The molecule has 2 amide bonds. The van der Waals surface area contributed by atoms with Crippen molar-refractivity contribution in [1.82, 2.24) is 10.6 Å². The summed E-state index contributed by atoms with van der Waals surface area (Å²) in [6.07, 6.45) is 0. The third-order valence-electron chi connectivity index (χ3n) is 1.90. The molecular weight excluding hydrogens is 252 g/mol. The minimum absolute atomic E-state index is 0.0395. The number of aliphatic hydroxyl groups excluding tert-OH is 1. The molecule has 0 bridgehead atoms. The smallest absolute Gasteiger partial charge is 0.261 e. The van der Waals surface area contributed by atoms with Gasteiger partial charge in [-0.15, -0.1) is 11.3 Å². The molecule has 0 radical (unpaired) electrons. The lowest BCUT2D eigenvalue weighted by Crippen LogP contribution is -2.36. The van der Waals surface area contributed by atoms with Gasteiger partial charge in [-0.1, -0.05) is 11.8 Å². The molecule has 1 aromatic heterocycles. The Morgan fingerprint density at radius 3 is 2.83 bits per heavy atom. The van der Waals surface area contributed by atoms with Gasteiger partial charge in [-0.25, -0.2) is 0 Å². The Morgan fingerprint density at radius 1 is 1.39 bits per heavy atom. The van der Waals surface area contributed by atoms with Crippen molar-refractivity contribution in [2.45, 2.75) is 6.92 Å². The molecule has 0 aliphatic carbocycles. The lowest BCUT2D eigenvalue weighted by molar-refractivity contribution is -0.120. The molecule has 5 nitrogen and oxygen atoms in total. The molecule has 6 heteroatoms. The van der Waals surface area contributed by atoms with Gasteiger partial charge in [-0.3, -0.25) is 9.59 Å². The van der Waals surface area contributed by atoms with Crippen molar-refractivity contribution >= 4 is 23.2 Å². The first-order valence-corrected chi connectivity index (χ1v) is 6.23. The molecule has 1 aromatic rings. The van der Waals surface area contributed by atoms with E-state index < -0.39 is 0 Å². The summed E-state index contributed by atoms with van der Waals surface area (Å²) in [5.41, 5.74) is 0. The summed E-state index contributed by atoms with van der Waals surface area (Å²) < 4.78 is 0. The molecule has 0 spiro atoms. The molecule has 96 valence electrons. The van der Waals surface area contributed by atoms with Gasteiger partial charge in [-0.05, 0) is 19.1 Å². The highest BCUT2D eigenvalue weighted by Gasteiger charge is 2.09. The molecule has 1 heterocycles. The third kappa shape index (κ3) is 4.57. The number of thiophene rings is 1. The second kappa shape index (κ2) is 7.48. The first-order valence-electron chi connectivity index (χ1n) is 5.41. The fraction of sp³-hybridized carbons (Fsp3) is 0.333. The van der Waals surface area contributed by atoms with Crippen LogP contribution in [-0.4, -0.2) is 36.6 Å². The minimum atomic E-state index is -0.302. The van der Waals surface area contributed by atoms with Gasteiger partial charge in [0, 0.05) is 6.54 Å². The van der Waals surface area contributed by atoms with Gasteiger partial charge in [0.25, 0.3) is 5.91 Å². The molecule has 3 N–H and O–H groups in total. The summed E-state index contributed by atoms with van der Waals surface area (Å²) in [7, 11) is 0. The molecule has 0 atom stereocenters. The predicted octanol–water partition coefficient (Wildman–Crippen LogP) is -0.0422. The molecular formula is C12H14N2O3S. The molecule has 0 saturated carbocycles. The van der Waals surface area contributed by atoms with Crippen LogP contribution < -0.4 is 10.6 Å². The Bertz CT molecular complexity index is 485. The van der Waals surface area contributed by atoms with E-state index in [0.29, 0.717) is 16.3 Å². The predicted molar refractivity (Wildman–Crippen MR) is 69.3 cm³/mol. The largest absolute Gasteiger partial charge is 0.384 e. The quantitative estimate of drug-likeness (QED) is 0.669. The summed E-state index contributed by atoms with van der Waals surface area (Å²) in [5, 5.41) is 13.6. The maximum Gasteiger partial charge on any atom is 0.261 e. The van der Waals surface area contributed by atoms with Crippen LogP contribution in [-0.2, 0) is 4.79 Å². The van der Waals surface area contributed by atoms with E-state index in [9.17, 15) is 9.59 Å². The van der Waals surface area contributed by atoms with Crippen molar-refractivity contribution in [1.29, 1.82) is 0 Å². The first-order chi connectivity index (χ1) is 8.67. The highest BCUT2D eigenvalue weighted by atomic mass is 32.1. The number of carbonyl (C=O) groups excluding carboxylic acids is 2. The molecule has 0 unspecified atom stereocenters. The van der Waals surface area contributed by atoms with Crippen LogP contribution in [0, 0.1) is 11.8 Å². The minimum Gasteiger partial charge on any atom is -0.384 e. The average molecular weight is 266 g/mol. The van der Waals surface area contributed by atoms with Crippen LogP contribution in [0.25, 0.3) is 0 Å². The normalized spacial score (nSPS) is 9.22. The zero-order chi connectivity index (χ0) is 13.4. The second-order valence-electron chi connectivity index (χ2n) is 3.26. The van der Waals surface area contributed by atoms with Gasteiger partial charge in [0.2, 0.25) is 5.91 Å². The van der Waals surface area contributed by atoms with Gasteiger partial charge in [-0.2, -0.15) is 0 Å². The van der Waals surface area contributed by atoms with Gasteiger partial charge in [0.1, 0.15) is 6.61 Å². The number of carbonyl (C=O) groups is 2. The van der Waals surface area contributed by atoms with E-state index in [4.69, 9.17) is 5.11 Å². The number of hydrogen-bond acceptors (Lipinski definition) is 4. The summed E-state index contributed by atoms with van der Waals surface area (Å²) in [6, 6.07) is 3.34. The lowest BCUT2D eigenvalue weighted by Gasteiger charge is -2.03. The number of aliphatic hydroxyl groups is 1. The van der Waals surface area contributed by atoms with Crippen LogP contribution in [0.4, 0.5) is 0 Å². The third-order valence-corrected chi connectivity index (χ3v) is 2.90.